The average molecular weight is 312 g/mol. The van der Waals surface area contributed by atoms with E-state index in [1.807, 2.05) is 24.3 Å². The summed E-state index contributed by atoms with van der Waals surface area (Å²) < 4.78 is 2.77. The first-order valence-corrected chi connectivity index (χ1v) is 6.25. The van der Waals surface area contributed by atoms with E-state index in [1.54, 1.807) is 29.1 Å². The average Bonchev–Trinajstić information content (AvgIpc) is 2.33. The lowest BCUT2D eigenvalue weighted by Gasteiger charge is -1.98. The Kier molecular flexibility index (Phi) is 3.92. The lowest BCUT2D eigenvalue weighted by Crippen LogP contribution is -2.36. The van der Waals surface area contributed by atoms with Crippen LogP contribution >= 0.6 is 27.5 Å². The van der Waals surface area contributed by atoms with E-state index in [9.17, 15) is 4.79 Å². The van der Waals surface area contributed by atoms with Gasteiger partial charge in [0.2, 0.25) is 12.3 Å². The minimum absolute atomic E-state index is 0.0739. The van der Waals surface area contributed by atoms with E-state index in [0.29, 0.717) is 17.1 Å². The van der Waals surface area contributed by atoms with Gasteiger partial charge in [0, 0.05) is 22.2 Å². The molecule has 0 aliphatic rings. The van der Waals surface area contributed by atoms with Crippen molar-refractivity contribution >= 4 is 33.3 Å². The fourth-order valence-electron chi connectivity index (χ4n) is 1.44. The molecule has 0 bridgehead atoms. The molecule has 0 N–H and O–H groups in total. The van der Waals surface area contributed by atoms with E-state index in [4.69, 9.17) is 11.6 Å². The van der Waals surface area contributed by atoms with Crippen LogP contribution in [0.3, 0.4) is 0 Å². The first kappa shape index (κ1) is 12.3. The number of carbonyl (C=O) groups excluding carboxylic acids is 1. The zero-order valence-electron chi connectivity index (χ0n) is 8.94. The van der Waals surface area contributed by atoms with Crippen molar-refractivity contribution in [2.24, 2.45) is 0 Å². The number of nitrogens with zero attached hydrogens (tertiary/aromatic N) is 1. The molecule has 1 aromatic heterocycles. The second kappa shape index (κ2) is 5.43. The van der Waals surface area contributed by atoms with Crippen LogP contribution in [0.2, 0.25) is 5.02 Å². The summed E-state index contributed by atoms with van der Waals surface area (Å²) in [5.74, 6) is 0.0739. The number of pyridine rings is 1. The summed E-state index contributed by atoms with van der Waals surface area (Å²) in [5.41, 5.74) is 0.704. The van der Waals surface area contributed by atoms with Crippen molar-refractivity contribution in [3.05, 3.63) is 63.9 Å². The smallest absolute Gasteiger partial charge is 0.227 e. The van der Waals surface area contributed by atoms with Gasteiger partial charge in [0.05, 0.1) is 5.02 Å². The third kappa shape index (κ3) is 3.38. The van der Waals surface area contributed by atoms with Gasteiger partial charge in [-0.15, -0.1) is 0 Å². The van der Waals surface area contributed by atoms with E-state index >= 15 is 0 Å². The summed E-state index contributed by atoms with van der Waals surface area (Å²) in [6.07, 6.45) is 3.58. The summed E-state index contributed by atoms with van der Waals surface area (Å²) in [4.78, 5) is 11.9. The van der Waals surface area contributed by atoms with Crippen molar-refractivity contribution in [3.63, 3.8) is 0 Å². The molecule has 0 aliphatic heterocycles. The molecule has 1 aromatic carbocycles. The third-order valence-corrected chi connectivity index (χ3v) is 3.12. The summed E-state index contributed by atoms with van der Waals surface area (Å²) >= 11 is 9.12. The fourth-order valence-corrected chi connectivity index (χ4v) is 1.81. The van der Waals surface area contributed by atoms with Gasteiger partial charge in [-0.2, -0.15) is 4.57 Å². The molecule has 1 heterocycles. The maximum Gasteiger partial charge on any atom is 0.227 e. The molecule has 86 valence electrons. The van der Waals surface area contributed by atoms with Crippen LogP contribution in [0.5, 0.6) is 0 Å². The quantitative estimate of drug-likeness (QED) is 0.629. The molecule has 2 nitrogen and oxygen atoms in total. The monoisotopic (exact) mass is 310 g/mol. The molecule has 0 radical (unpaired) electrons. The predicted octanol–water partition coefficient (Wildman–Crippen LogP) is 3.27. The van der Waals surface area contributed by atoms with Crippen molar-refractivity contribution in [2.45, 2.75) is 6.54 Å². The molecule has 0 amide bonds. The van der Waals surface area contributed by atoms with Crippen LogP contribution < -0.4 is 4.57 Å². The van der Waals surface area contributed by atoms with Crippen LogP contribution in [0.15, 0.2) is 53.3 Å². The molecule has 0 atom stereocenters. The highest BCUT2D eigenvalue weighted by molar-refractivity contribution is 9.10. The summed E-state index contributed by atoms with van der Waals surface area (Å²) in [7, 11) is 0. The Hall–Kier alpha value is -1.19. The highest BCUT2D eigenvalue weighted by Crippen LogP contribution is 2.11. The molecular weight excluding hydrogens is 302 g/mol. The number of halogens is 2. The maximum atomic E-state index is 11.9. The Bertz CT molecular complexity index is 522. The minimum Gasteiger partial charge on any atom is -0.287 e. The lowest BCUT2D eigenvalue weighted by molar-refractivity contribution is -0.683. The summed E-state index contributed by atoms with van der Waals surface area (Å²) in [6.45, 7) is 0.318. The molecule has 2 rings (SSSR count). The third-order valence-electron chi connectivity index (χ3n) is 2.34. The summed E-state index contributed by atoms with van der Waals surface area (Å²) in [6, 6.07) is 10.9. The number of aromatic nitrogens is 1. The Labute approximate surface area is 113 Å². The van der Waals surface area contributed by atoms with Gasteiger partial charge in [-0.1, -0.05) is 39.7 Å². The van der Waals surface area contributed by atoms with E-state index in [0.717, 1.165) is 4.47 Å². The lowest BCUT2D eigenvalue weighted by atomic mass is 10.1. The van der Waals surface area contributed by atoms with Gasteiger partial charge in [0.1, 0.15) is 0 Å². The molecule has 0 spiro atoms. The first-order valence-electron chi connectivity index (χ1n) is 5.08. The maximum absolute atomic E-state index is 11.9. The number of carbonyl (C=O) groups is 1. The first-order chi connectivity index (χ1) is 8.15. The fraction of sp³-hybridized carbons (Fsp3) is 0.0769. The zero-order chi connectivity index (χ0) is 12.3. The van der Waals surface area contributed by atoms with E-state index < -0.39 is 0 Å². The standard InChI is InChI=1S/C13H10BrClNO/c14-11-3-1-10(2-4-11)13(17)9-16-7-5-12(15)6-8-16/h1-8H,9H2/q+1. The van der Waals surface area contributed by atoms with Crippen LogP contribution in [-0.4, -0.2) is 5.78 Å². The predicted molar refractivity (Wildman–Crippen MR) is 70.1 cm³/mol. The zero-order valence-corrected chi connectivity index (χ0v) is 11.3. The van der Waals surface area contributed by atoms with E-state index in [1.165, 1.54) is 0 Å². The molecule has 0 fully saturated rings. The molecule has 0 aliphatic carbocycles. The van der Waals surface area contributed by atoms with Crippen LogP contribution in [0.4, 0.5) is 0 Å². The molecule has 17 heavy (non-hydrogen) atoms. The largest absolute Gasteiger partial charge is 0.287 e. The van der Waals surface area contributed by atoms with Crippen molar-refractivity contribution < 1.29 is 9.36 Å². The molecule has 4 heteroatoms. The molecule has 0 unspecified atom stereocenters. The van der Waals surface area contributed by atoms with Crippen LogP contribution in [-0.2, 0) is 6.54 Å². The van der Waals surface area contributed by atoms with Crippen molar-refractivity contribution in [2.75, 3.05) is 0 Å². The van der Waals surface area contributed by atoms with Crippen molar-refractivity contribution in [1.29, 1.82) is 0 Å². The number of rotatable bonds is 3. The number of hydrogen-bond donors (Lipinski definition) is 0. The second-order valence-corrected chi connectivity index (χ2v) is 4.97. The van der Waals surface area contributed by atoms with E-state index in [-0.39, 0.29) is 5.78 Å². The molecule has 2 aromatic rings. The van der Waals surface area contributed by atoms with Crippen LogP contribution in [0, 0.1) is 0 Å². The van der Waals surface area contributed by atoms with Gasteiger partial charge in [-0.05, 0) is 12.1 Å². The van der Waals surface area contributed by atoms with E-state index in [2.05, 4.69) is 15.9 Å². The Morgan fingerprint density at radius 2 is 1.71 bits per heavy atom. The highest BCUT2D eigenvalue weighted by Gasteiger charge is 2.11. The topological polar surface area (TPSA) is 20.9 Å². The van der Waals surface area contributed by atoms with Gasteiger partial charge in [-0.25, -0.2) is 0 Å². The van der Waals surface area contributed by atoms with Crippen LogP contribution in [0.25, 0.3) is 0 Å². The molecule has 0 saturated carbocycles. The van der Waals surface area contributed by atoms with Gasteiger partial charge < -0.3 is 0 Å². The van der Waals surface area contributed by atoms with Crippen molar-refractivity contribution in [3.8, 4) is 0 Å². The number of benzene rings is 1. The van der Waals surface area contributed by atoms with Gasteiger partial charge in [0.15, 0.2) is 12.4 Å². The normalized spacial score (nSPS) is 10.2. The number of hydrogen-bond acceptors (Lipinski definition) is 1. The van der Waals surface area contributed by atoms with Gasteiger partial charge in [0.25, 0.3) is 0 Å². The van der Waals surface area contributed by atoms with Crippen molar-refractivity contribution in [1.82, 2.24) is 0 Å². The number of Topliss-reactive ketones (excluding diaryl/α,β-unsaturated/α-hetero) is 1. The highest BCUT2D eigenvalue weighted by atomic mass is 79.9. The van der Waals surface area contributed by atoms with Gasteiger partial charge in [-0.3, -0.25) is 4.79 Å². The molecular formula is C13H10BrClNO+. The SMILES string of the molecule is O=C(C[n+]1ccc(Cl)cc1)c1ccc(Br)cc1. The Morgan fingerprint density at radius 3 is 2.29 bits per heavy atom. The summed E-state index contributed by atoms with van der Waals surface area (Å²) in [5, 5.41) is 0.664. The Morgan fingerprint density at radius 1 is 1.12 bits per heavy atom. The Balaban J connectivity index is 2.11. The van der Waals surface area contributed by atoms with Crippen LogP contribution in [0.1, 0.15) is 10.4 Å². The number of ketones is 1. The van der Waals surface area contributed by atoms with Gasteiger partial charge >= 0.3 is 0 Å². The molecule has 0 saturated heterocycles. The second-order valence-electron chi connectivity index (χ2n) is 3.62. The minimum atomic E-state index is 0.0739.